The first-order valence-corrected chi connectivity index (χ1v) is 5.03. The molecule has 5 heteroatoms. The molecule has 2 heterocycles. The predicted octanol–water partition coefficient (Wildman–Crippen LogP) is 0.905. The van der Waals surface area contributed by atoms with Crippen LogP contribution in [0.5, 0.6) is 5.88 Å². The molecular formula is C11H13NO4. The van der Waals surface area contributed by atoms with E-state index < -0.39 is 11.9 Å². The highest BCUT2D eigenvalue weighted by atomic mass is 16.5. The van der Waals surface area contributed by atoms with Gasteiger partial charge in [-0.3, -0.25) is 4.79 Å². The van der Waals surface area contributed by atoms with Crippen molar-refractivity contribution in [1.82, 2.24) is 4.98 Å². The van der Waals surface area contributed by atoms with Crippen molar-refractivity contribution in [3.8, 4) is 5.88 Å². The number of nitrogens with zero attached hydrogens (tertiary/aromatic N) is 1. The molecule has 0 spiro atoms. The van der Waals surface area contributed by atoms with Crippen LogP contribution in [0.25, 0.3) is 0 Å². The summed E-state index contributed by atoms with van der Waals surface area (Å²) in [6.07, 6.45) is 1.62. The Morgan fingerprint density at radius 2 is 2.44 bits per heavy atom. The maximum absolute atomic E-state index is 11.0. The first-order valence-electron chi connectivity index (χ1n) is 5.03. The fraction of sp³-hybridized carbons (Fsp3) is 0.455. The maximum Gasteiger partial charge on any atom is 0.309 e. The van der Waals surface area contributed by atoms with Crippen molar-refractivity contribution < 1.29 is 19.4 Å². The highest BCUT2D eigenvalue weighted by Gasteiger charge is 2.36. The number of aromatic nitrogens is 1. The number of pyridine rings is 1. The molecule has 86 valence electrons. The maximum atomic E-state index is 11.0. The van der Waals surface area contributed by atoms with Crippen LogP contribution in [0.15, 0.2) is 18.3 Å². The van der Waals surface area contributed by atoms with Gasteiger partial charge in [0.2, 0.25) is 5.88 Å². The zero-order valence-corrected chi connectivity index (χ0v) is 8.92. The summed E-state index contributed by atoms with van der Waals surface area (Å²) in [7, 11) is 1.53. The van der Waals surface area contributed by atoms with Crippen molar-refractivity contribution in [3.05, 3.63) is 23.9 Å². The number of hydrogen-bond donors (Lipinski definition) is 1. The number of carboxylic acids is 1. The van der Waals surface area contributed by atoms with Gasteiger partial charge in [0.25, 0.3) is 0 Å². The standard InChI is InChI=1S/C11H13NO4/c1-15-10-7(3-2-4-12-10)8-5-16-6-9(8)11(13)14/h2-4,8-9H,5-6H2,1H3,(H,13,14)/t8-,9+/m1/s1. The van der Waals surface area contributed by atoms with Crippen molar-refractivity contribution >= 4 is 5.97 Å². The Kier molecular flexibility index (Phi) is 3.05. The lowest BCUT2D eigenvalue weighted by Crippen LogP contribution is -2.21. The van der Waals surface area contributed by atoms with Crippen LogP contribution in [0.1, 0.15) is 11.5 Å². The summed E-state index contributed by atoms with van der Waals surface area (Å²) in [6, 6.07) is 3.61. The van der Waals surface area contributed by atoms with E-state index in [9.17, 15) is 4.79 Å². The monoisotopic (exact) mass is 223 g/mol. The van der Waals surface area contributed by atoms with Gasteiger partial charge in [0.1, 0.15) is 0 Å². The third-order valence-corrected chi connectivity index (χ3v) is 2.79. The van der Waals surface area contributed by atoms with Crippen LogP contribution in [-0.2, 0) is 9.53 Å². The van der Waals surface area contributed by atoms with E-state index in [1.54, 1.807) is 12.3 Å². The van der Waals surface area contributed by atoms with Gasteiger partial charge in [-0.25, -0.2) is 4.98 Å². The molecule has 0 radical (unpaired) electrons. The number of aliphatic carboxylic acids is 1. The second-order valence-electron chi connectivity index (χ2n) is 3.69. The van der Waals surface area contributed by atoms with Crippen LogP contribution in [0.2, 0.25) is 0 Å². The van der Waals surface area contributed by atoms with Gasteiger partial charge in [-0.1, -0.05) is 6.07 Å². The van der Waals surface area contributed by atoms with Crippen molar-refractivity contribution in [2.75, 3.05) is 20.3 Å². The van der Waals surface area contributed by atoms with Gasteiger partial charge >= 0.3 is 5.97 Å². The number of carbonyl (C=O) groups is 1. The van der Waals surface area contributed by atoms with Crippen molar-refractivity contribution in [2.24, 2.45) is 5.92 Å². The SMILES string of the molecule is COc1ncccc1[C@H]1COC[C@@H]1C(=O)O. The Hall–Kier alpha value is -1.62. The summed E-state index contributed by atoms with van der Waals surface area (Å²) in [5, 5.41) is 9.07. The molecule has 5 nitrogen and oxygen atoms in total. The Morgan fingerprint density at radius 3 is 3.12 bits per heavy atom. The summed E-state index contributed by atoms with van der Waals surface area (Å²) in [5.41, 5.74) is 0.801. The molecule has 1 aliphatic heterocycles. The van der Waals surface area contributed by atoms with E-state index in [-0.39, 0.29) is 12.5 Å². The normalized spacial score (nSPS) is 24.3. The van der Waals surface area contributed by atoms with Crippen LogP contribution in [0.4, 0.5) is 0 Å². The lowest BCUT2D eigenvalue weighted by molar-refractivity contribution is -0.142. The number of ether oxygens (including phenoxy) is 2. The van der Waals surface area contributed by atoms with Crippen molar-refractivity contribution in [2.45, 2.75) is 5.92 Å². The van der Waals surface area contributed by atoms with E-state index in [2.05, 4.69) is 4.98 Å². The molecule has 16 heavy (non-hydrogen) atoms. The molecule has 1 saturated heterocycles. The van der Waals surface area contributed by atoms with Gasteiger partial charge in [-0.05, 0) is 6.07 Å². The molecule has 1 aromatic rings. The molecule has 1 fully saturated rings. The van der Waals surface area contributed by atoms with Gasteiger partial charge in [-0.15, -0.1) is 0 Å². The molecule has 1 aliphatic rings. The van der Waals surface area contributed by atoms with E-state index in [1.165, 1.54) is 7.11 Å². The zero-order chi connectivity index (χ0) is 11.5. The largest absolute Gasteiger partial charge is 0.481 e. The fourth-order valence-electron chi connectivity index (χ4n) is 1.96. The molecule has 0 amide bonds. The molecule has 2 atom stereocenters. The van der Waals surface area contributed by atoms with Crippen molar-refractivity contribution in [1.29, 1.82) is 0 Å². The quantitative estimate of drug-likeness (QED) is 0.824. The minimum Gasteiger partial charge on any atom is -0.481 e. The van der Waals surface area contributed by atoms with Gasteiger partial charge in [0.15, 0.2) is 0 Å². The summed E-state index contributed by atoms with van der Waals surface area (Å²) < 4.78 is 10.3. The molecule has 1 aromatic heterocycles. The topological polar surface area (TPSA) is 68.7 Å². The summed E-state index contributed by atoms with van der Waals surface area (Å²) in [5.74, 6) is -1.06. The highest BCUT2D eigenvalue weighted by Crippen LogP contribution is 2.35. The number of carboxylic acid groups (broad SMARTS) is 1. The van der Waals surface area contributed by atoms with Crippen LogP contribution >= 0.6 is 0 Å². The molecule has 0 aliphatic carbocycles. The van der Waals surface area contributed by atoms with Crippen molar-refractivity contribution in [3.63, 3.8) is 0 Å². The molecule has 0 bridgehead atoms. The second kappa shape index (κ2) is 4.49. The lowest BCUT2D eigenvalue weighted by Gasteiger charge is -2.15. The minimum absolute atomic E-state index is 0.179. The second-order valence-corrected chi connectivity index (χ2v) is 3.69. The first-order chi connectivity index (χ1) is 7.74. The van der Waals surface area contributed by atoms with Crippen LogP contribution in [0, 0.1) is 5.92 Å². The average Bonchev–Trinajstić information content (AvgIpc) is 2.77. The molecular weight excluding hydrogens is 210 g/mol. The average molecular weight is 223 g/mol. The van der Waals surface area contributed by atoms with E-state index in [0.29, 0.717) is 12.5 Å². The summed E-state index contributed by atoms with van der Waals surface area (Å²) in [4.78, 5) is 15.1. The predicted molar refractivity (Wildman–Crippen MR) is 55.5 cm³/mol. The first kappa shape index (κ1) is 10.9. The smallest absolute Gasteiger partial charge is 0.309 e. The third kappa shape index (κ3) is 1.86. The Balaban J connectivity index is 2.32. The van der Waals surface area contributed by atoms with Crippen LogP contribution in [0.3, 0.4) is 0 Å². The molecule has 2 rings (SSSR count). The Morgan fingerprint density at radius 1 is 1.62 bits per heavy atom. The van der Waals surface area contributed by atoms with Gasteiger partial charge < -0.3 is 14.6 Å². The summed E-state index contributed by atoms with van der Waals surface area (Å²) >= 11 is 0. The third-order valence-electron chi connectivity index (χ3n) is 2.79. The van der Waals surface area contributed by atoms with Crippen LogP contribution in [-0.4, -0.2) is 36.4 Å². The number of methoxy groups -OCH3 is 1. The fourth-order valence-corrected chi connectivity index (χ4v) is 1.96. The van der Waals surface area contributed by atoms with Gasteiger partial charge in [-0.2, -0.15) is 0 Å². The molecule has 1 N–H and O–H groups in total. The molecule has 0 aromatic carbocycles. The Labute approximate surface area is 93.0 Å². The van der Waals surface area contributed by atoms with E-state index in [4.69, 9.17) is 14.6 Å². The van der Waals surface area contributed by atoms with E-state index in [0.717, 1.165) is 5.56 Å². The van der Waals surface area contributed by atoms with Gasteiger partial charge in [0, 0.05) is 17.7 Å². The molecule has 0 unspecified atom stereocenters. The highest BCUT2D eigenvalue weighted by molar-refractivity contribution is 5.72. The van der Waals surface area contributed by atoms with E-state index >= 15 is 0 Å². The summed E-state index contributed by atoms with van der Waals surface area (Å²) in [6.45, 7) is 0.650. The minimum atomic E-state index is -0.839. The van der Waals surface area contributed by atoms with E-state index in [1.807, 2.05) is 6.07 Å². The Bertz CT molecular complexity index is 393. The number of hydrogen-bond acceptors (Lipinski definition) is 4. The lowest BCUT2D eigenvalue weighted by atomic mass is 9.89. The zero-order valence-electron chi connectivity index (χ0n) is 8.92. The number of rotatable bonds is 3. The molecule has 0 saturated carbocycles. The van der Waals surface area contributed by atoms with Crippen LogP contribution < -0.4 is 4.74 Å². The van der Waals surface area contributed by atoms with Gasteiger partial charge in [0.05, 0.1) is 26.2 Å².